The average Bonchev–Trinajstić information content (AvgIpc) is 3.40. The topological polar surface area (TPSA) is 373 Å². The van der Waals surface area contributed by atoms with Crippen LogP contribution in [-0.2, 0) is 42.8 Å². The quantitative estimate of drug-likeness (QED) is 0.0303. The van der Waals surface area contributed by atoms with Crippen molar-refractivity contribution in [3.8, 4) is 0 Å². The van der Waals surface area contributed by atoms with E-state index in [2.05, 4.69) is 36.6 Å². The van der Waals surface area contributed by atoms with Gasteiger partial charge in [0.1, 0.15) is 67.1 Å². The van der Waals surface area contributed by atoms with E-state index in [1.165, 1.54) is 70.6 Å². The van der Waals surface area contributed by atoms with Gasteiger partial charge in [-0.3, -0.25) is 9.59 Å². The Morgan fingerprint density at radius 1 is 0.662 bits per heavy atom. The van der Waals surface area contributed by atoms with E-state index >= 15 is 0 Å². The van der Waals surface area contributed by atoms with Gasteiger partial charge < -0.3 is 100 Å². The van der Waals surface area contributed by atoms with Gasteiger partial charge in [-0.25, -0.2) is 4.79 Å². The Morgan fingerprint density at radius 2 is 1.21 bits per heavy atom. The Morgan fingerprint density at radius 3 is 1.75 bits per heavy atom. The van der Waals surface area contributed by atoms with Crippen LogP contribution in [0.25, 0.3) is 0 Å². The number of aliphatic hydroxyl groups is 11. The maximum Gasteiger partial charge on any atom is 0.364 e. The second kappa shape index (κ2) is 37.5. The molecule has 0 spiro atoms. The lowest BCUT2D eigenvalue weighted by molar-refractivity contribution is -0.386. The van der Waals surface area contributed by atoms with Crippen LogP contribution in [0.2, 0.25) is 0 Å². The van der Waals surface area contributed by atoms with Crippen molar-refractivity contribution < 1.29 is 104 Å². The molecule has 77 heavy (non-hydrogen) atoms. The molecule has 450 valence electrons. The molecule has 18 atom stereocenters. The molecule has 2 amide bonds. The minimum atomic E-state index is -3.08. The molecule has 0 aromatic heterocycles. The normalized spacial score (nSPS) is 31.4. The van der Waals surface area contributed by atoms with E-state index in [-0.39, 0.29) is 18.9 Å². The fourth-order valence-corrected chi connectivity index (χ4v) is 10.1. The molecule has 14 N–H and O–H groups in total. The van der Waals surface area contributed by atoms with Gasteiger partial charge in [0.2, 0.25) is 11.8 Å². The summed E-state index contributed by atoms with van der Waals surface area (Å²) in [4.78, 5) is 38.3. The summed E-state index contributed by atoms with van der Waals surface area (Å²) in [6.45, 7) is 2.10. The lowest BCUT2D eigenvalue weighted by atomic mass is 9.88. The number of carboxylic acids is 1. The molecule has 0 radical (unpaired) electrons. The minimum Gasteiger partial charge on any atom is -0.477 e. The molecule has 3 aliphatic rings. The summed E-state index contributed by atoms with van der Waals surface area (Å²) < 4.78 is 34.6. The number of nitrogens with one attached hydrogen (secondary N) is 2. The van der Waals surface area contributed by atoms with Crippen LogP contribution in [-0.4, -0.2) is 215 Å². The summed E-state index contributed by atoms with van der Waals surface area (Å²) >= 11 is 0. The molecule has 3 saturated heterocycles. The zero-order chi connectivity index (χ0) is 56.9. The first-order chi connectivity index (χ1) is 36.9. The number of aliphatic hydroxyl groups excluding tert-OH is 11. The molecular weight excluding hydrogens is 1010 g/mol. The van der Waals surface area contributed by atoms with Gasteiger partial charge in [-0.1, -0.05) is 129 Å². The smallest absolute Gasteiger partial charge is 0.364 e. The second-order valence-corrected chi connectivity index (χ2v) is 21.1. The average molecular weight is 1110 g/mol. The van der Waals surface area contributed by atoms with Crippen molar-refractivity contribution >= 4 is 17.8 Å². The molecule has 0 bridgehead atoms. The Hall–Kier alpha value is -2.53. The molecule has 0 aromatic carbocycles. The number of carbonyl (C=O) groups excluding carboxylic acids is 2. The van der Waals surface area contributed by atoms with Gasteiger partial charge >= 0.3 is 5.97 Å². The third-order valence-electron chi connectivity index (χ3n) is 14.7. The molecule has 0 aromatic rings. The zero-order valence-corrected chi connectivity index (χ0v) is 45.8. The van der Waals surface area contributed by atoms with Crippen molar-refractivity contribution in [1.82, 2.24) is 10.6 Å². The summed E-state index contributed by atoms with van der Waals surface area (Å²) in [5.41, 5.74) is 0. The monoisotopic (exact) mass is 1110 g/mol. The summed E-state index contributed by atoms with van der Waals surface area (Å²) in [6.07, 6.45) is -1.55. The van der Waals surface area contributed by atoms with E-state index in [1.54, 1.807) is 0 Å². The standard InChI is InChI=1S/C54H98N2O21/c1-4-6-8-10-12-14-16-17-18-20-22-24-26-28-41(64)56-35(36(61)27-25-23-21-19-15-13-11-9-7-5-2)33-72-51-46(68)45(67)48(40(32-59)74-51)75-52-47(69)50(44(66)39(31-58)73-52)77-54(53(70)71)29-37(62)42(55-34(3)60)49(76-54)43(65)38(63)30-57/h17-18,35-40,42-52,57-59,61-63,65-69H,4-16,19-33H2,1-3H3,(H,55,60)(H,56,64)(H,70,71)/b18-17-. The van der Waals surface area contributed by atoms with Crippen LogP contribution < -0.4 is 10.6 Å². The number of amides is 2. The summed E-state index contributed by atoms with van der Waals surface area (Å²) in [7, 11) is 0. The predicted molar refractivity (Wildman–Crippen MR) is 278 cm³/mol. The number of ether oxygens (including phenoxy) is 6. The second-order valence-electron chi connectivity index (χ2n) is 21.1. The first kappa shape index (κ1) is 68.7. The van der Waals surface area contributed by atoms with E-state index in [9.17, 15) is 75.7 Å². The molecule has 23 heteroatoms. The van der Waals surface area contributed by atoms with Crippen LogP contribution in [0.4, 0.5) is 0 Å². The highest BCUT2D eigenvalue weighted by atomic mass is 16.8. The molecular formula is C54H98N2O21. The SMILES string of the molecule is CCCCCCCC/C=C\CCCCCC(=O)NC(COC1OC(CO)C(OC2OC(CO)C(O)C(OC3(C(=O)O)CC(O)C(NC(C)=O)C(C(O)C(O)CO)O3)C2O)C(O)C1O)C(O)CCCCCCCCCCCC. The van der Waals surface area contributed by atoms with Gasteiger partial charge in [0.15, 0.2) is 12.6 Å². The van der Waals surface area contributed by atoms with Gasteiger partial charge in [0.05, 0.1) is 50.7 Å². The maximum atomic E-state index is 13.3. The van der Waals surface area contributed by atoms with Crippen molar-refractivity contribution in [3.05, 3.63) is 12.2 Å². The van der Waals surface area contributed by atoms with Gasteiger partial charge in [-0.15, -0.1) is 0 Å². The highest BCUT2D eigenvalue weighted by Gasteiger charge is 2.60. The Kier molecular flexibility index (Phi) is 33.5. The third-order valence-corrected chi connectivity index (χ3v) is 14.7. The number of hydrogen-bond acceptors (Lipinski definition) is 20. The highest BCUT2D eigenvalue weighted by molar-refractivity contribution is 5.77. The number of allylic oxidation sites excluding steroid dienone is 2. The van der Waals surface area contributed by atoms with Crippen LogP contribution in [0.1, 0.15) is 175 Å². The molecule has 3 heterocycles. The van der Waals surface area contributed by atoms with Gasteiger partial charge in [0, 0.05) is 19.8 Å². The van der Waals surface area contributed by atoms with Gasteiger partial charge in [-0.2, -0.15) is 0 Å². The Labute approximate surface area is 454 Å². The lowest BCUT2D eigenvalue weighted by Crippen LogP contribution is -2.70. The van der Waals surface area contributed by atoms with Crippen molar-refractivity contribution in [1.29, 1.82) is 0 Å². The summed E-state index contributed by atoms with van der Waals surface area (Å²) in [6, 6.07) is -2.53. The summed E-state index contributed by atoms with van der Waals surface area (Å²) in [5.74, 6) is -6.12. The van der Waals surface area contributed by atoms with Crippen molar-refractivity contribution in [2.75, 3.05) is 26.4 Å². The van der Waals surface area contributed by atoms with Crippen LogP contribution in [0, 0.1) is 0 Å². The van der Waals surface area contributed by atoms with Crippen LogP contribution in [0.15, 0.2) is 12.2 Å². The van der Waals surface area contributed by atoms with Crippen LogP contribution in [0.3, 0.4) is 0 Å². The van der Waals surface area contributed by atoms with E-state index in [0.717, 1.165) is 58.3 Å². The van der Waals surface area contributed by atoms with Crippen molar-refractivity contribution in [2.24, 2.45) is 0 Å². The fourth-order valence-electron chi connectivity index (χ4n) is 10.1. The lowest BCUT2D eigenvalue weighted by Gasteiger charge is -2.50. The molecule has 0 aliphatic carbocycles. The number of aliphatic carboxylic acids is 1. The Bertz CT molecular complexity index is 1650. The van der Waals surface area contributed by atoms with E-state index in [0.29, 0.717) is 19.3 Å². The number of hydrogen-bond donors (Lipinski definition) is 14. The minimum absolute atomic E-state index is 0.203. The van der Waals surface area contributed by atoms with Gasteiger partial charge in [-0.05, 0) is 38.5 Å². The Balaban J connectivity index is 1.70. The number of rotatable bonds is 40. The molecule has 3 rings (SSSR count). The predicted octanol–water partition coefficient (Wildman–Crippen LogP) is 1.21. The van der Waals surface area contributed by atoms with Crippen LogP contribution >= 0.6 is 0 Å². The van der Waals surface area contributed by atoms with Crippen molar-refractivity contribution in [2.45, 2.75) is 285 Å². The third kappa shape index (κ3) is 22.7. The number of unbranched alkanes of at least 4 members (excludes halogenated alkanes) is 18. The molecule has 3 fully saturated rings. The van der Waals surface area contributed by atoms with Crippen molar-refractivity contribution in [3.63, 3.8) is 0 Å². The molecule has 23 nitrogen and oxygen atoms in total. The van der Waals surface area contributed by atoms with Gasteiger partial charge in [0.25, 0.3) is 5.79 Å². The zero-order valence-electron chi connectivity index (χ0n) is 45.8. The first-order valence-corrected chi connectivity index (χ1v) is 28.5. The number of carboxylic acid groups (broad SMARTS) is 1. The molecule has 18 unspecified atom stereocenters. The first-order valence-electron chi connectivity index (χ1n) is 28.5. The summed E-state index contributed by atoms with van der Waals surface area (Å²) in [5, 5.41) is 135. The largest absolute Gasteiger partial charge is 0.477 e. The van der Waals surface area contributed by atoms with E-state index in [4.69, 9.17) is 28.4 Å². The number of carbonyl (C=O) groups is 3. The molecule has 3 aliphatic heterocycles. The molecule has 0 saturated carbocycles. The highest BCUT2D eigenvalue weighted by Crippen LogP contribution is 2.38. The fraction of sp³-hybridized carbons (Fsp3) is 0.907. The maximum absolute atomic E-state index is 13.3. The van der Waals surface area contributed by atoms with E-state index in [1.807, 2.05) is 0 Å². The van der Waals surface area contributed by atoms with E-state index < -0.39 is 148 Å². The van der Waals surface area contributed by atoms with Crippen LogP contribution in [0.5, 0.6) is 0 Å².